The van der Waals surface area contributed by atoms with Crippen molar-refractivity contribution in [3.8, 4) is 0 Å². The Morgan fingerprint density at radius 2 is 1.35 bits per heavy atom. The quantitative estimate of drug-likeness (QED) is 0.0758. The van der Waals surface area contributed by atoms with E-state index in [4.69, 9.17) is 28.0 Å². The van der Waals surface area contributed by atoms with E-state index < -0.39 is 35.9 Å². The van der Waals surface area contributed by atoms with Crippen LogP contribution in [0.1, 0.15) is 46.0 Å². The number of carbonyl (C=O) groups excluding carboxylic acids is 2. The first-order valence-corrected chi connectivity index (χ1v) is 10.2. The second kappa shape index (κ2) is 14.8. The molecule has 0 aliphatic rings. The highest BCUT2D eigenvalue weighted by Crippen LogP contribution is 2.07. The summed E-state index contributed by atoms with van der Waals surface area (Å²) in [4.78, 5) is 36.7. The average molecular weight is 444 g/mol. The Labute approximate surface area is 182 Å². The van der Waals surface area contributed by atoms with Crippen LogP contribution in [0.4, 0.5) is 0 Å². The van der Waals surface area contributed by atoms with Crippen molar-refractivity contribution in [1.82, 2.24) is 21.3 Å². The molecule has 0 spiro atoms. The van der Waals surface area contributed by atoms with Crippen molar-refractivity contribution in [1.29, 1.82) is 10.8 Å². The van der Waals surface area contributed by atoms with Gasteiger partial charge in [0.05, 0.1) is 6.04 Å². The number of amides is 2. The molecule has 0 heterocycles. The Morgan fingerprint density at radius 1 is 0.903 bits per heavy atom. The van der Waals surface area contributed by atoms with Crippen molar-refractivity contribution >= 4 is 29.7 Å². The molecule has 31 heavy (non-hydrogen) atoms. The lowest BCUT2D eigenvalue weighted by molar-refractivity contribution is -0.142. The molecule has 13 heteroatoms. The van der Waals surface area contributed by atoms with E-state index >= 15 is 0 Å². The Bertz CT molecular complexity index is 629. The number of guanidine groups is 2. The maximum Gasteiger partial charge on any atom is 0.326 e. The largest absolute Gasteiger partial charge is 0.480 e. The van der Waals surface area contributed by atoms with Crippen LogP contribution in [0.2, 0.25) is 0 Å². The molecule has 13 nitrogen and oxygen atoms in total. The van der Waals surface area contributed by atoms with Crippen LogP contribution in [-0.4, -0.2) is 66.0 Å². The van der Waals surface area contributed by atoms with Gasteiger partial charge in [-0.25, -0.2) is 4.79 Å². The lowest BCUT2D eigenvalue weighted by atomic mass is 9.98. The summed E-state index contributed by atoms with van der Waals surface area (Å²) in [6.45, 7) is 4.32. The van der Waals surface area contributed by atoms with E-state index in [0.29, 0.717) is 25.8 Å². The predicted octanol–water partition coefficient (Wildman–Crippen LogP) is -2.06. The zero-order valence-electron chi connectivity index (χ0n) is 18.2. The van der Waals surface area contributed by atoms with Gasteiger partial charge in [0.25, 0.3) is 0 Å². The zero-order chi connectivity index (χ0) is 24.0. The molecule has 4 atom stereocenters. The van der Waals surface area contributed by atoms with Crippen LogP contribution in [-0.2, 0) is 14.4 Å². The molecular formula is C18H37N9O4. The highest BCUT2D eigenvalue weighted by Gasteiger charge is 2.28. The molecule has 0 aromatic carbocycles. The third-order valence-corrected chi connectivity index (χ3v) is 4.78. The smallest absolute Gasteiger partial charge is 0.326 e. The van der Waals surface area contributed by atoms with Gasteiger partial charge in [-0.2, -0.15) is 0 Å². The number of rotatable bonds is 15. The number of nitrogens with two attached hydrogens (primary N) is 3. The molecule has 0 unspecified atom stereocenters. The van der Waals surface area contributed by atoms with Gasteiger partial charge in [-0.3, -0.25) is 20.4 Å². The minimum atomic E-state index is -1.21. The number of aliphatic carboxylic acids is 1. The van der Waals surface area contributed by atoms with E-state index in [9.17, 15) is 19.5 Å². The number of carboxylic acid groups (broad SMARTS) is 1. The van der Waals surface area contributed by atoms with Crippen LogP contribution in [0.3, 0.4) is 0 Å². The fourth-order valence-electron chi connectivity index (χ4n) is 2.64. The van der Waals surface area contributed by atoms with Crippen LogP contribution in [0, 0.1) is 16.7 Å². The number of hydrogen-bond donors (Lipinski definition) is 10. The summed E-state index contributed by atoms with van der Waals surface area (Å²) < 4.78 is 0. The molecule has 0 rings (SSSR count). The second-order valence-corrected chi connectivity index (χ2v) is 7.34. The van der Waals surface area contributed by atoms with Gasteiger partial charge in [-0.1, -0.05) is 20.3 Å². The number of nitrogens with one attached hydrogen (secondary N) is 6. The van der Waals surface area contributed by atoms with E-state index in [2.05, 4.69) is 21.3 Å². The van der Waals surface area contributed by atoms with Crippen LogP contribution in [0.15, 0.2) is 0 Å². The molecule has 0 radical (unpaired) electrons. The van der Waals surface area contributed by atoms with Crippen molar-refractivity contribution in [3.63, 3.8) is 0 Å². The molecule has 13 N–H and O–H groups in total. The van der Waals surface area contributed by atoms with Gasteiger partial charge in [0, 0.05) is 13.1 Å². The van der Waals surface area contributed by atoms with Gasteiger partial charge in [-0.15, -0.1) is 0 Å². The SMILES string of the molecule is CC[C@H](C)[C@H](N)C(=O)N[C@@H](CCCNC(=N)N)C(=O)N[C@@H](CCCNC(=N)N)C(=O)O. The summed E-state index contributed by atoms with van der Waals surface area (Å²) in [7, 11) is 0. The fourth-order valence-corrected chi connectivity index (χ4v) is 2.64. The van der Waals surface area contributed by atoms with Crippen LogP contribution >= 0.6 is 0 Å². The molecule has 0 bridgehead atoms. The Balaban J connectivity index is 5.07. The van der Waals surface area contributed by atoms with Crippen molar-refractivity contribution in [2.75, 3.05) is 13.1 Å². The normalized spacial score (nSPS) is 14.4. The van der Waals surface area contributed by atoms with Crippen molar-refractivity contribution in [3.05, 3.63) is 0 Å². The Hall–Kier alpha value is -3.09. The molecular weight excluding hydrogens is 406 g/mol. The van der Waals surface area contributed by atoms with Crippen LogP contribution in [0.25, 0.3) is 0 Å². The highest BCUT2D eigenvalue weighted by atomic mass is 16.4. The van der Waals surface area contributed by atoms with E-state index in [1.807, 2.05) is 13.8 Å². The van der Waals surface area contributed by atoms with Crippen molar-refractivity contribution < 1.29 is 19.5 Å². The third kappa shape index (κ3) is 12.3. The number of carboxylic acids is 1. The summed E-state index contributed by atoms with van der Waals surface area (Å²) in [6.07, 6.45) is 1.75. The lowest BCUT2D eigenvalue weighted by Gasteiger charge is -2.24. The Kier molecular flexibility index (Phi) is 13.3. The zero-order valence-corrected chi connectivity index (χ0v) is 18.2. The molecule has 0 fully saturated rings. The molecule has 0 aliphatic carbocycles. The van der Waals surface area contributed by atoms with E-state index in [-0.39, 0.29) is 37.2 Å². The highest BCUT2D eigenvalue weighted by molar-refractivity contribution is 5.91. The van der Waals surface area contributed by atoms with Gasteiger partial charge in [0.15, 0.2) is 11.9 Å². The second-order valence-electron chi connectivity index (χ2n) is 7.34. The molecule has 0 saturated heterocycles. The summed E-state index contributed by atoms with van der Waals surface area (Å²) >= 11 is 0. The van der Waals surface area contributed by atoms with Crippen LogP contribution in [0.5, 0.6) is 0 Å². The number of hydrogen-bond acceptors (Lipinski definition) is 6. The Morgan fingerprint density at radius 3 is 1.77 bits per heavy atom. The standard InChI is InChI=1S/C18H37N9O4/c1-3-10(2)13(19)15(29)26-11(6-4-8-24-17(20)21)14(28)27-12(16(30)31)7-5-9-25-18(22)23/h10-13H,3-9,19H2,1-2H3,(H,26,29)(H,27,28)(H,30,31)(H4,20,21,24)(H4,22,23,25)/t10-,11-,12-,13-/m0/s1. The summed E-state index contributed by atoms with van der Waals surface area (Å²) in [5, 5.41) is 33.9. The summed E-state index contributed by atoms with van der Waals surface area (Å²) in [5.74, 6) is -2.88. The predicted molar refractivity (Wildman–Crippen MR) is 117 cm³/mol. The van der Waals surface area contributed by atoms with E-state index in [1.165, 1.54) is 0 Å². The monoisotopic (exact) mass is 443 g/mol. The summed E-state index contributed by atoms with van der Waals surface area (Å²) in [6, 6.07) is -2.96. The molecule has 0 aromatic heterocycles. The van der Waals surface area contributed by atoms with Gasteiger partial charge in [0.2, 0.25) is 11.8 Å². The van der Waals surface area contributed by atoms with Crippen LogP contribution < -0.4 is 38.5 Å². The first kappa shape index (κ1) is 27.9. The molecule has 0 saturated carbocycles. The van der Waals surface area contributed by atoms with Gasteiger partial charge >= 0.3 is 5.97 Å². The molecule has 2 amide bonds. The first-order chi connectivity index (χ1) is 14.5. The molecule has 178 valence electrons. The third-order valence-electron chi connectivity index (χ3n) is 4.78. The average Bonchev–Trinajstić information content (AvgIpc) is 2.70. The minimum absolute atomic E-state index is 0.0939. The van der Waals surface area contributed by atoms with Crippen molar-refractivity contribution in [2.24, 2.45) is 23.1 Å². The number of carbonyl (C=O) groups is 3. The topological polar surface area (TPSA) is 245 Å². The van der Waals surface area contributed by atoms with E-state index in [1.54, 1.807) is 0 Å². The van der Waals surface area contributed by atoms with Gasteiger partial charge < -0.3 is 43.6 Å². The lowest BCUT2D eigenvalue weighted by Crippen LogP contribution is -2.55. The van der Waals surface area contributed by atoms with Gasteiger partial charge in [-0.05, 0) is 31.6 Å². The van der Waals surface area contributed by atoms with Crippen molar-refractivity contribution in [2.45, 2.75) is 64.1 Å². The van der Waals surface area contributed by atoms with Gasteiger partial charge in [0.1, 0.15) is 12.1 Å². The molecule has 0 aliphatic heterocycles. The maximum absolute atomic E-state index is 12.7. The summed E-state index contributed by atoms with van der Waals surface area (Å²) in [5.41, 5.74) is 16.3. The van der Waals surface area contributed by atoms with E-state index in [0.717, 1.165) is 0 Å². The first-order valence-electron chi connectivity index (χ1n) is 10.2. The molecule has 0 aromatic rings. The maximum atomic E-state index is 12.7. The fraction of sp³-hybridized carbons (Fsp3) is 0.722. The minimum Gasteiger partial charge on any atom is -0.480 e.